The molecule has 2 aliphatic carbocycles. The van der Waals surface area contributed by atoms with Gasteiger partial charge in [0.15, 0.2) is 22.8 Å². The highest BCUT2D eigenvalue weighted by Crippen LogP contribution is 2.70. The number of allylic oxidation sites excluding steroid dienone is 8. The average Bonchev–Trinajstić information content (AvgIpc) is 3.02. The number of ketones is 3. The fourth-order valence-corrected chi connectivity index (χ4v) is 7.44. The average molecular weight is 567 g/mol. The third-order valence-corrected chi connectivity index (χ3v) is 10.2. The van der Waals surface area contributed by atoms with Crippen LogP contribution in [-0.4, -0.2) is 34.2 Å². The van der Waals surface area contributed by atoms with Crippen LogP contribution in [0.1, 0.15) is 121 Å². The zero-order chi connectivity index (χ0) is 31.1. The molecule has 0 aromatic heterocycles. The third kappa shape index (κ3) is 5.48. The number of hydrogen-bond acceptors (Lipinski definition) is 5. The number of Topliss-reactive ketones (excluding diaryl/α,β-unsaturated/α-hetero) is 3. The molecule has 3 aliphatic rings. The molecule has 1 saturated heterocycles. The standard InChI is InChI=1S/C36H54O5/c1-12-25(8)29(37)36-31-27(16-14-23(4)5)30(38)35(32(36)39,20-17-24(6)7)21-26(15-13-22(2)3)34(36,11)19-18-28(41-31)33(9,10)40/h13-14,17,25-26,28,40H,12,15-16,18-21H2,1-11H3/t25?,26-,28-,34+,35+,36-/m0/s1. The molecule has 5 nitrogen and oxygen atoms in total. The maximum atomic E-state index is 15.4. The monoisotopic (exact) mass is 566 g/mol. The van der Waals surface area contributed by atoms with Gasteiger partial charge in [0.2, 0.25) is 0 Å². The Morgan fingerprint density at radius 2 is 1.63 bits per heavy atom. The summed E-state index contributed by atoms with van der Waals surface area (Å²) in [5.41, 5.74) is -1.23. The zero-order valence-corrected chi connectivity index (χ0v) is 27.5. The molecule has 1 heterocycles. The lowest BCUT2D eigenvalue weighted by atomic mass is 9.38. The maximum Gasteiger partial charge on any atom is 0.176 e. The topological polar surface area (TPSA) is 80.7 Å². The Morgan fingerprint density at radius 3 is 2.15 bits per heavy atom. The van der Waals surface area contributed by atoms with Crippen LogP contribution in [0.4, 0.5) is 0 Å². The molecule has 2 bridgehead atoms. The van der Waals surface area contributed by atoms with Crippen LogP contribution in [0.25, 0.3) is 0 Å². The van der Waals surface area contributed by atoms with Gasteiger partial charge in [-0.05, 0) is 112 Å². The fourth-order valence-electron chi connectivity index (χ4n) is 7.44. The molecule has 2 fully saturated rings. The van der Waals surface area contributed by atoms with Gasteiger partial charge in [0, 0.05) is 11.5 Å². The van der Waals surface area contributed by atoms with E-state index >= 15 is 4.79 Å². The summed E-state index contributed by atoms with van der Waals surface area (Å²) < 4.78 is 6.75. The van der Waals surface area contributed by atoms with E-state index in [1.807, 2.05) is 53.7 Å². The van der Waals surface area contributed by atoms with Gasteiger partial charge in [-0.1, -0.05) is 55.7 Å². The Kier molecular flexibility index (Phi) is 9.55. The minimum atomic E-state index is -1.59. The molecule has 5 heteroatoms. The van der Waals surface area contributed by atoms with E-state index < -0.39 is 33.9 Å². The molecule has 1 aliphatic heterocycles. The summed E-state index contributed by atoms with van der Waals surface area (Å²) in [4.78, 5) is 45.2. The van der Waals surface area contributed by atoms with Crippen molar-refractivity contribution in [2.75, 3.05) is 0 Å². The van der Waals surface area contributed by atoms with Crippen LogP contribution in [0.2, 0.25) is 0 Å². The summed E-state index contributed by atoms with van der Waals surface area (Å²) >= 11 is 0. The molecular formula is C36H54O5. The van der Waals surface area contributed by atoms with Crippen LogP contribution in [0.5, 0.6) is 0 Å². The third-order valence-electron chi connectivity index (χ3n) is 10.2. The molecule has 1 unspecified atom stereocenters. The van der Waals surface area contributed by atoms with E-state index in [1.54, 1.807) is 13.8 Å². The molecule has 0 amide bonds. The van der Waals surface area contributed by atoms with Crippen molar-refractivity contribution in [1.82, 2.24) is 0 Å². The second kappa shape index (κ2) is 11.8. The van der Waals surface area contributed by atoms with E-state index in [4.69, 9.17) is 4.74 Å². The zero-order valence-electron chi connectivity index (χ0n) is 27.5. The number of hydrogen-bond donors (Lipinski definition) is 1. The Morgan fingerprint density at radius 1 is 1.05 bits per heavy atom. The highest BCUT2D eigenvalue weighted by molar-refractivity contribution is 6.27. The van der Waals surface area contributed by atoms with Gasteiger partial charge in [0.25, 0.3) is 0 Å². The van der Waals surface area contributed by atoms with Crippen molar-refractivity contribution < 1.29 is 24.2 Å². The van der Waals surface area contributed by atoms with Gasteiger partial charge in [-0.25, -0.2) is 0 Å². The summed E-state index contributed by atoms with van der Waals surface area (Å²) in [7, 11) is 0. The van der Waals surface area contributed by atoms with Crippen molar-refractivity contribution in [1.29, 1.82) is 0 Å². The first-order valence-corrected chi connectivity index (χ1v) is 15.6. The maximum absolute atomic E-state index is 15.4. The fraction of sp³-hybridized carbons (Fsp3) is 0.694. The SMILES string of the molecule is CCC(C)C(=O)[C@]12C(=O)[C@]3(CC=C(C)C)C[C@H](CC=C(C)C)[C@@]1(C)CC[C@@H](C(C)(C)O)OC2=C(CC=C(C)C)C3=O. The van der Waals surface area contributed by atoms with Crippen molar-refractivity contribution in [3.05, 3.63) is 46.3 Å². The van der Waals surface area contributed by atoms with Gasteiger partial charge in [-0.15, -0.1) is 0 Å². The lowest BCUT2D eigenvalue weighted by Crippen LogP contribution is -2.70. The van der Waals surface area contributed by atoms with E-state index in [9.17, 15) is 14.7 Å². The molecular weight excluding hydrogens is 512 g/mol. The molecule has 1 N–H and O–H groups in total. The molecule has 0 aromatic rings. The van der Waals surface area contributed by atoms with Gasteiger partial charge in [-0.2, -0.15) is 0 Å². The quantitative estimate of drug-likeness (QED) is 0.214. The van der Waals surface area contributed by atoms with E-state index in [0.29, 0.717) is 44.1 Å². The molecule has 6 atom stereocenters. The summed E-state index contributed by atoms with van der Waals surface area (Å²) in [5.74, 6) is -0.873. The first kappa shape index (κ1) is 33.2. The number of carbonyl (C=O) groups excluding carboxylic acids is 3. The van der Waals surface area contributed by atoms with Gasteiger partial charge < -0.3 is 9.84 Å². The second-order valence-electron chi connectivity index (χ2n) is 14.6. The van der Waals surface area contributed by atoms with Crippen LogP contribution in [0.3, 0.4) is 0 Å². The number of aliphatic hydroxyl groups is 1. The van der Waals surface area contributed by atoms with Gasteiger partial charge >= 0.3 is 0 Å². The Hall–Kier alpha value is -2.27. The molecule has 0 aromatic carbocycles. The van der Waals surface area contributed by atoms with Gasteiger partial charge in [-0.3, -0.25) is 14.4 Å². The molecule has 228 valence electrons. The highest BCUT2D eigenvalue weighted by atomic mass is 16.5. The van der Waals surface area contributed by atoms with Crippen molar-refractivity contribution in [3.8, 4) is 0 Å². The van der Waals surface area contributed by atoms with Crippen LogP contribution >= 0.6 is 0 Å². The number of carbonyl (C=O) groups is 3. The summed E-state index contributed by atoms with van der Waals surface area (Å²) in [5, 5.41) is 11.2. The Balaban J connectivity index is 2.58. The smallest absolute Gasteiger partial charge is 0.176 e. The van der Waals surface area contributed by atoms with Crippen molar-refractivity contribution in [3.63, 3.8) is 0 Å². The molecule has 41 heavy (non-hydrogen) atoms. The normalized spacial score (nSPS) is 32.0. The predicted molar refractivity (Wildman–Crippen MR) is 165 cm³/mol. The Bertz CT molecular complexity index is 1190. The van der Waals surface area contributed by atoms with Crippen molar-refractivity contribution >= 4 is 17.3 Å². The number of fused-ring (bicyclic) bond motifs is 1. The minimum absolute atomic E-state index is 0.0956. The van der Waals surface area contributed by atoms with Crippen LogP contribution < -0.4 is 0 Å². The molecule has 3 rings (SSSR count). The van der Waals surface area contributed by atoms with E-state index in [0.717, 1.165) is 11.1 Å². The second-order valence-corrected chi connectivity index (χ2v) is 14.6. The van der Waals surface area contributed by atoms with Gasteiger partial charge in [0.05, 0.1) is 11.0 Å². The van der Waals surface area contributed by atoms with Crippen LogP contribution in [0.15, 0.2) is 46.3 Å². The van der Waals surface area contributed by atoms with E-state index in [-0.39, 0.29) is 35.4 Å². The lowest BCUT2D eigenvalue weighted by Gasteiger charge is -2.61. The van der Waals surface area contributed by atoms with Gasteiger partial charge in [0.1, 0.15) is 11.9 Å². The lowest BCUT2D eigenvalue weighted by molar-refractivity contribution is -0.179. The molecule has 0 spiro atoms. The van der Waals surface area contributed by atoms with Crippen LogP contribution in [0, 0.1) is 28.1 Å². The summed E-state index contributed by atoms with van der Waals surface area (Å²) in [6.07, 6.45) is 8.81. The van der Waals surface area contributed by atoms with E-state index in [1.165, 1.54) is 5.57 Å². The number of ether oxygens (including phenoxy) is 1. The largest absolute Gasteiger partial charge is 0.490 e. The molecule has 0 radical (unpaired) electrons. The highest BCUT2D eigenvalue weighted by Gasteiger charge is 2.77. The van der Waals surface area contributed by atoms with Crippen LogP contribution in [-0.2, 0) is 19.1 Å². The summed E-state index contributed by atoms with van der Waals surface area (Å²) in [6, 6.07) is 0. The van der Waals surface area contributed by atoms with E-state index in [2.05, 4.69) is 26.8 Å². The van der Waals surface area contributed by atoms with Crippen molar-refractivity contribution in [2.24, 2.45) is 28.1 Å². The Labute approximate surface area is 248 Å². The first-order valence-electron chi connectivity index (χ1n) is 15.6. The summed E-state index contributed by atoms with van der Waals surface area (Å²) in [6.45, 7) is 21.4. The number of rotatable bonds is 10. The van der Waals surface area contributed by atoms with Crippen molar-refractivity contribution in [2.45, 2.75) is 133 Å². The minimum Gasteiger partial charge on any atom is -0.490 e. The predicted octanol–water partition coefficient (Wildman–Crippen LogP) is 8.03. The first-order chi connectivity index (χ1) is 18.9. The molecule has 1 saturated carbocycles.